The predicted molar refractivity (Wildman–Crippen MR) is 57.4 cm³/mol. The summed E-state index contributed by atoms with van der Waals surface area (Å²) < 4.78 is 4.92. The highest BCUT2D eigenvalue weighted by molar-refractivity contribution is 6.40. The van der Waals surface area contributed by atoms with Crippen molar-refractivity contribution in [2.24, 2.45) is 0 Å². The van der Waals surface area contributed by atoms with E-state index in [1.165, 1.54) is 12.1 Å². The lowest BCUT2D eigenvalue weighted by Crippen LogP contribution is -2.06. The van der Waals surface area contributed by atoms with Gasteiger partial charge in [-0.2, -0.15) is 0 Å². The molecule has 2 nitrogen and oxygen atoms in total. The number of carbonyl (C=O) groups excluding carboxylic acids is 1. The summed E-state index contributed by atoms with van der Waals surface area (Å²) in [5.41, 5.74) is 0. The molecular formula is C9H7Cl3O2. The Morgan fingerprint density at radius 2 is 1.79 bits per heavy atom. The molecule has 0 saturated heterocycles. The average molecular weight is 254 g/mol. The Bertz CT molecular complexity index is 340. The quantitative estimate of drug-likeness (QED) is 0.589. The van der Waals surface area contributed by atoms with Crippen molar-refractivity contribution in [2.45, 2.75) is 13.3 Å². The van der Waals surface area contributed by atoms with E-state index in [1.807, 2.05) is 0 Å². The second-order valence-corrected chi connectivity index (χ2v) is 3.78. The first-order chi connectivity index (χ1) is 6.54. The Hall–Kier alpha value is -0.440. The summed E-state index contributed by atoms with van der Waals surface area (Å²) in [5, 5.41) is 0.852. The van der Waals surface area contributed by atoms with Gasteiger partial charge < -0.3 is 4.74 Å². The van der Waals surface area contributed by atoms with Gasteiger partial charge in [0.1, 0.15) is 0 Å². The lowest BCUT2D eigenvalue weighted by atomic mass is 10.3. The summed E-state index contributed by atoms with van der Waals surface area (Å²) in [4.78, 5) is 11.0. The maximum Gasteiger partial charge on any atom is 0.310 e. The summed E-state index contributed by atoms with van der Waals surface area (Å²) in [6.07, 6.45) is 0.259. The minimum Gasteiger partial charge on any atom is -0.423 e. The van der Waals surface area contributed by atoms with Crippen LogP contribution < -0.4 is 4.74 Å². The Labute approximate surface area is 96.7 Å². The van der Waals surface area contributed by atoms with Crippen LogP contribution in [0, 0.1) is 0 Å². The van der Waals surface area contributed by atoms with Crippen LogP contribution in [0.15, 0.2) is 12.1 Å². The molecule has 0 bridgehead atoms. The van der Waals surface area contributed by atoms with E-state index in [2.05, 4.69) is 0 Å². The first kappa shape index (κ1) is 11.6. The third-order valence-corrected chi connectivity index (χ3v) is 2.25. The van der Waals surface area contributed by atoms with Crippen molar-refractivity contribution < 1.29 is 9.53 Å². The van der Waals surface area contributed by atoms with Gasteiger partial charge in [0, 0.05) is 11.4 Å². The van der Waals surface area contributed by atoms with Crippen LogP contribution in [0.2, 0.25) is 15.1 Å². The first-order valence-corrected chi connectivity index (χ1v) is 5.03. The molecule has 0 unspecified atom stereocenters. The van der Waals surface area contributed by atoms with Gasteiger partial charge in [0.15, 0.2) is 5.75 Å². The maximum absolute atomic E-state index is 11.0. The van der Waals surface area contributed by atoms with Crippen LogP contribution in [0.3, 0.4) is 0 Å². The van der Waals surface area contributed by atoms with Crippen LogP contribution >= 0.6 is 34.8 Å². The van der Waals surface area contributed by atoms with Gasteiger partial charge in [0.25, 0.3) is 0 Å². The summed E-state index contributed by atoms with van der Waals surface area (Å²) in [7, 11) is 0. The van der Waals surface area contributed by atoms with Crippen molar-refractivity contribution >= 4 is 40.8 Å². The molecule has 0 fully saturated rings. The number of ether oxygens (including phenoxy) is 1. The van der Waals surface area contributed by atoms with Gasteiger partial charge in [-0.05, 0) is 12.1 Å². The molecule has 0 spiro atoms. The van der Waals surface area contributed by atoms with Crippen molar-refractivity contribution in [3.63, 3.8) is 0 Å². The Morgan fingerprint density at radius 3 is 2.21 bits per heavy atom. The highest BCUT2D eigenvalue weighted by Gasteiger charge is 2.12. The molecule has 0 heterocycles. The fraction of sp³-hybridized carbons (Fsp3) is 0.222. The molecule has 0 radical (unpaired) electrons. The van der Waals surface area contributed by atoms with E-state index in [0.717, 1.165) is 0 Å². The van der Waals surface area contributed by atoms with E-state index < -0.39 is 5.97 Å². The molecule has 5 heteroatoms. The normalized spacial score (nSPS) is 10.0. The minimum absolute atomic E-state index is 0.157. The summed E-state index contributed by atoms with van der Waals surface area (Å²) in [5.74, 6) is -0.235. The Kier molecular flexibility index (Phi) is 4.05. The predicted octanol–water partition coefficient (Wildman–Crippen LogP) is 3.96. The van der Waals surface area contributed by atoms with Crippen LogP contribution in [0.25, 0.3) is 0 Å². The van der Waals surface area contributed by atoms with Gasteiger partial charge >= 0.3 is 5.97 Å². The van der Waals surface area contributed by atoms with E-state index in [4.69, 9.17) is 39.5 Å². The molecule has 0 aromatic heterocycles. The highest BCUT2D eigenvalue weighted by Crippen LogP contribution is 2.35. The van der Waals surface area contributed by atoms with Crippen LogP contribution in [0.5, 0.6) is 5.75 Å². The second-order valence-electron chi connectivity index (χ2n) is 2.53. The monoisotopic (exact) mass is 252 g/mol. The first-order valence-electron chi connectivity index (χ1n) is 3.89. The van der Waals surface area contributed by atoms with Gasteiger partial charge in [-0.1, -0.05) is 41.7 Å². The van der Waals surface area contributed by atoms with Crippen molar-refractivity contribution in [3.8, 4) is 5.75 Å². The van der Waals surface area contributed by atoms with Gasteiger partial charge in [0.05, 0.1) is 10.0 Å². The van der Waals surface area contributed by atoms with Crippen LogP contribution in [-0.2, 0) is 4.79 Å². The third kappa shape index (κ3) is 2.77. The number of hydrogen-bond acceptors (Lipinski definition) is 2. The average Bonchev–Trinajstić information content (AvgIpc) is 2.10. The fourth-order valence-electron chi connectivity index (χ4n) is 0.812. The van der Waals surface area contributed by atoms with Crippen LogP contribution in [0.4, 0.5) is 0 Å². The molecule has 76 valence electrons. The van der Waals surface area contributed by atoms with E-state index in [-0.39, 0.29) is 22.2 Å². The summed E-state index contributed by atoms with van der Waals surface area (Å²) in [6, 6.07) is 2.93. The standard InChI is InChI=1S/C9H7Cl3O2/c1-2-8(13)14-9-6(11)3-5(10)4-7(9)12/h3-4H,2H2,1H3. The number of halogens is 3. The molecule has 1 aromatic rings. The SMILES string of the molecule is CCC(=O)Oc1c(Cl)cc(Cl)cc1Cl. The van der Waals surface area contributed by atoms with Crippen LogP contribution in [0.1, 0.15) is 13.3 Å². The number of rotatable bonds is 2. The lowest BCUT2D eigenvalue weighted by Gasteiger charge is -2.07. The smallest absolute Gasteiger partial charge is 0.310 e. The van der Waals surface area contributed by atoms with Crippen LogP contribution in [-0.4, -0.2) is 5.97 Å². The Morgan fingerprint density at radius 1 is 1.29 bits per heavy atom. The van der Waals surface area contributed by atoms with Gasteiger partial charge in [-0.3, -0.25) is 4.79 Å². The zero-order chi connectivity index (χ0) is 10.7. The number of esters is 1. The molecular weight excluding hydrogens is 246 g/mol. The summed E-state index contributed by atoms with van der Waals surface area (Å²) >= 11 is 17.3. The van der Waals surface area contributed by atoms with Crippen molar-refractivity contribution in [3.05, 3.63) is 27.2 Å². The van der Waals surface area contributed by atoms with E-state index in [9.17, 15) is 4.79 Å². The molecule has 0 aliphatic carbocycles. The second kappa shape index (κ2) is 4.87. The molecule has 0 atom stereocenters. The molecule has 0 saturated carbocycles. The number of benzene rings is 1. The largest absolute Gasteiger partial charge is 0.423 e. The van der Waals surface area contributed by atoms with Gasteiger partial charge in [0.2, 0.25) is 0 Å². The Balaban J connectivity index is 3.02. The zero-order valence-corrected chi connectivity index (χ0v) is 9.58. The summed E-state index contributed by atoms with van der Waals surface area (Å²) in [6.45, 7) is 1.68. The molecule has 0 aliphatic rings. The van der Waals surface area contributed by atoms with Crippen molar-refractivity contribution in [1.29, 1.82) is 0 Å². The maximum atomic E-state index is 11.0. The third-order valence-electron chi connectivity index (χ3n) is 1.47. The molecule has 0 amide bonds. The number of hydrogen-bond donors (Lipinski definition) is 0. The molecule has 1 aromatic carbocycles. The molecule has 0 aliphatic heterocycles. The molecule has 1 rings (SSSR count). The topological polar surface area (TPSA) is 26.3 Å². The molecule has 0 N–H and O–H groups in total. The lowest BCUT2D eigenvalue weighted by molar-refractivity contribution is -0.134. The minimum atomic E-state index is -0.392. The van der Waals surface area contributed by atoms with Gasteiger partial charge in [-0.15, -0.1) is 0 Å². The molecule has 14 heavy (non-hydrogen) atoms. The van der Waals surface area contributed by atoms with Crippen molar-refractivity contribution in [2.75, 3.05) is 0 Å². The fourth-order valence-corrected chi connectivity index (χ4v) is 1.71. The van der Waals surface area contributed by atoms with E-state index in [1.54, 1.807) is 6.92 Å². The van der Waals surface area contributed by atoms with E-state index >= 15 is 0 Å². The van der Waals surface area contributed by atoms with Gasteiger partial charge in [-0.25, -0.2) is 0 Å². The highest BCUT2D eigenvalue weighted by atomic mass is 35.5. The van der Waals surface area contributed by atoms with E-state index in [0.29, 0.717) is 5.02 Å². The van der Waals surface area contributed by atoms with Crippen molar-refractivity contribution in [1.82, 2.24) is 0 Å². The number of carbonyl (C=O) groups is 1. The zero-order valence-electron chi connectivity index (χ0n) is 7.31.